The van der Waals surface area contributed by atoms with Gasteiger partial charge in [0.2, 0.25) is 10.0 Å². The van der Waals surface area contributed by atoms with Crippen molar-refractivity contribution >= 4 is 27.8 Å². The summed E-state index contributed by atoms with van der Waals surface area (Å²) in [4.78, 5) is 12.5. The molecule has 2 aromatic carbocycles. The molecule has 0 atom stereocenters. The molecule has 0 aliphatic heterocycles. The Morgan fingerprint density at radius 3 is 2.22 bits per heavy atom. The molecule has 0 unspecified atom stereocenters. The summed E-state index contributed by atoms with van der Waals surface area (Å²) in [7, 11) is -3.80. The summed E-state index contributed by atoms with van der Waals surface area (Å²) >= 11 is 1.54. The van der Waals surface area contributed by atoms with Crippen molar-refractivity contribution in [3.63, 3.8) is 0 Å². The highest BCUT2D eigenvalue weighted by molar-refractivity contribution is 7.99. The van der Waals surface area contributed by atoms with E-state index >= 15 is 0 Å². The van der Waals surface area contributed by atoms with Crippen LogP contribution in [0.2, 0.25) is 0 Å². The molecule has 0 aliphatic carbocycles. The quantitative estimate of drug-likeness (QED) is 0.836. The Morgan fingerprint density at radius 1 is 1.04 bits per heavy atom. The van der Waals surface area contributed by atoms with Crippen molar-refractivity contribution in [3.05, 3.63) is 53.6 Å². The predicted octanol–water partition coefficient (Wildman–Crippen LogP) is 2.82. The van der Waals surface area contributed by atoms with Crippen LogP contribution in [-0.2, 0) is 14.8 Å². The molecule has 2 rings (SSSR count). The van der Waals surface area contributed by atoms with Crippen LogP contribution in [0.5, 0.6) is 0 Å². The molecule has 0 aromatic heterocycles. The average Bonchev–Trinajstić information content (AvgIpc) is 2.50. The molecule has 0 fully saturated rings. The van der Waals surface area contributed by atoms with Gasteiger partial charge in [-0.1, -0.05) is 17.8 Å². The molecule has 5 nitrogen and oxygen atoms in total. The largest absolute Gasteiger partial charge is 0.480 e. The Kier molecular flexibility index (Phi) is 5.46. The summed E-state index contributed by atoms with van der Waals surface area (Å²) in [6.45, 7) is 3.46. The maximum Gasteiger partial charge on any atom is 0.318 e. The first-order valence-corrected chi connectivity index (χ1v) is 9.14. The number of nitrogens with one attached hydrogen (secondary N) is 1. The van der Waals surface area contributed by atoms with Gasteiger partial charge in [-0.15, -0.1) is 0 Å². The van der Waals surface area contributed by atoms with Crippen LogP contribution >= 0.6 is 11.8 Å². The molecule has 0 amide bonds. The molecule has 0 saturated heterocycles. The Labute approximate surface area is 139 Å². The van der Waals surface area contributed by atoms with E-state index in [9.17, 15) is 13.2 Å². The first-order valence-electron chi connectivity index (χ1n) is 6.84. The van der Waals surface area contributed by atoms with Crippen LogP contribution in [-0.4, -0.2) is 26.0 Å². The highest BCUT2D eigenvalue weighted by Crippen LogP contribution is 2.29. The van der Waals surface area contributed by atoms with E-state index in [1.54, 1.807) is 12.1 Å². The van der Waals surface area contributed by atoms with Crippen LogP contribution in [0.25, 0.3) is 0 Å². The maximum absolute atomic E-state index is 11.9. The van der Waals surface area contributed by atoms with E-state index < -0.39 is 22.5 Å². The molecule has 0 heterocycles. The molecule has 122 valence electrons. The molecule has 0 radical (unpaired) electrons. The summed E-state index contributed by atoms with van der Waals surface area (Å²) in [5.74, 6) is -1.23. The minimum Gasteiger partial charge on any atom is -0.480 e. The molecule has 2 N–H and O–H groups in total. The first-order chi connectivity index (χ1) is 10.8. The lowest BCUT2D eigenvalue weighted by Gasteiger charge is -2.07. The standard InChI is InChI=1S/C16H17NO4S2/c1-11-3-4-14(9-12(11)2)22-13-5-7-15(8-6-13)23(20,21)17-10-16(18)19/h3-9,17H,10H2,1-2H3,(H,18,19). The SMILES string of the molecule is Cc1ccc(Sc2ccc(S(=O)(=O)NCC(=O)O)cc2)cc1C. The number of hydrogen-bond acceptors (Lipinski definition) is 4. The van der Waals surface area contributed by atoms with Gasteiger partial charge in [-0.25, -0.2) is 8.42 Å². The van der Waals surface area contributed by atoms with Crippen molar-refractivity contribution in [2.75, 3.05) is 6.54 Å². The second kappa shape index (κ2) is 7.16. The van der Waals surface area contributed by atoms with Crippen LogP contribution in [0.4, 0.5) is 0 Å². The fourth-order valence-electron chi connectivity index (χ4n) is 1.84. The fourth-order valence-corrected chi connectivity index (χ4v) is 3.73. The molecule has 7 heteroatoms. The summed E-state index contributed by atoms with van der Waals surface area (Å²) in [6, 6.07) is 12.5. The lowest BCUT2D eigenvalue weighted by atomic mass is 10.1. The topological polar surface area (TPSA) is 83.5 Å². The molecular weight excluding hydrogens is 334 g/mol. The fraction of sp³-hybridized carbons (Fsp3) is 0.188. The van der Waals surface area contributed by atoms with Gasteiger partial charge in [-0.05, 0) is 61.4 Å². The zero-order valence-corrected chi connectivity index (χ0v) is 14.4. The summed E-state index contributed by atoms with van der Waals surface area (Å²) in [6.07, 6.45) is 0. The minimum absolute atomic E-state index is 0.0446. The number of sulfonamides is 1. The third-order valence-electron chi connectivity index (χ3n) is 3.26. The molecule has 23 heavy (non-hydrogen) atoms. The zero-order valence-electron chi connectivity index (χ0n) is 12.7. The van der Waals surface area contributed by atoms with E-state index in [1.807, 2.05) is 30.7 Å². The number of carboxylic acids is 1. The summed E-state index contributed by atoms with van der Waals surface area (Å²) in [5.41, 5.74) is 2.42. The van der Waals surface area contributed by atoms with Gasteiger partial charge < -0.3 is 5.11 Å². The monoisotopic (exact) mass is 351 g/mol. The summed E-state index contributed by atoms with van der Waals surface area (Å²) in [5, 5.41) is 8.54. The summed E-state index contributed by atoms with van der Waals surface area (Å²) < 4.78 is 25.8. The maximum atomic E-state index is 11.9. The second-order valence-corrected chi connectivity index (χ2v) is 7.95. The van der Waals surface area contributed by atoms with E-state index in [0.717, 1.165) is 9.79 Å². The van der Waals surface area contributed by atoms with Crippen molar-refractivity contribution in [1.82, 2.24) is 4.72 Å². The molecule has 0 saturated carbocycles. The van der Waals surface area contributed by atoms with Crippen LogP contribution in [0, 0.1) is 13.8 Å². The van der Waals surface area contributed by atoms with Crippen molar-refractivity contribution in [2.24, 2.45) is 0 Å². The van der Waals surface area contributed by atoms with Gasteiger partial charge in [0.25, 0.3) is 0 Å². The Bertz CT molecular complexity index is 814. The van der Waals surface area contributed by atoms with Crippen LogP contribution < -0.4 is 4.72 Å². The number of benzene rings is 2. The van der Waals surface area contributed by atoms with Crippen molar-refractivity contribution in [2.45, 2.75) is 28.5 Å². The number of carboxylic acid groups (broad SMARTS) is 1. The number of hydrogen-bond donors (Lipinski definition) is 2. The van der Waals surface area contributed by atoms with Gasteiger partial charge in [0.15, 0.2) is 0 Å². The van der Waals surface area contributed by atoms with Gasteiger partial charge in [-0.3, -0.25) is 4.79 Å². The molecule has 0 bridgehead atoms. The van der Waals surface area contributed by atoms with Gasteiger partial charge in [-0.2, -0.15) is 4.72 Å². The van der Waals surface area contributed by atoms with Crippen molar-refractivity contribution < 1.29 is 18.3 Å². The van der Waals surface area contributed by atoms with Gasteiger partial charge in [0.05, 0.1) is 4.90 Å². The molecule has 2 aromatic rings. The van der Waals surface area contributed by atoms with Gasteiger partial charge >= 0.3 is 5.97 Å². The highest BCUT2D eigenvalue weighted by Gasteiger charge is 2.15. The third-order valence-corrected chi connectivity index (χ3v) is 5.68. The van der Waals surface area contributed by atoms with Crippen molar-refractivity contribution in [1.29, 1.82) is 0 Å². The predicted molar refractivity (Wildman–Crippen MR) is 89.3 cm³/mol. The average molecular weight is 351 g/mol. The number of aliphatic carboxylic acids is 1. The van der Waals surface area contributed by atoms with E-state index in [1.165, 1.54) is 35.0 Å². The van der Waals surface area contributed by atoms with E-state index in [2.05, 4.69) is 6.07 Å². The Morgan fingerprint density at radius 2 is 1.65 bits per heavy atom. The smallest absolute Gasteiger partial charge is 0.318 e. The Balaban J connectivity index is 2.12. The molecule has 0 spiro atoms. The van der Waals surface area contributed by atoms with Gasteiger partial charge in [0.1, 0.15) is 6.54 Å². The lowest BCUT2D eigenvalue weighted by Crippen LogP contribution is -2.29. The normalized spacial score (nSPS) is 11.4. The van der Waals surface area contributed by atoms with E-state index in [0.29, 0.717) is 0 Å². The first kappa shape index (κ1) is 17.5. The van der Waals surface area contributed by atoms with Crippen LogP contribution in [0.1, 0.15) is 11.1 Å². The number of carbonyl (C=O) groups is 1. The third kappa shape index (κ3) is 4.82. The number of aryl methyl sites for hydroxylation is 2. The Hall–Kier alpha value is -1.83. The van der Waals surface area contributed by atoms with Crippen molar-refractivity contribution in [3.8, 4) is 0 Å². The zero-order chi connectivity index (χ0) is 17.0. The second-order valence-electron chi connectivity index (χ2n) is 5.04. The van der Waals surface area contributed by atoms with Crippen LogP contribution in [0.15, 0.2) is 57.2 Å². The van der Waals surface area contributed by atoms with Gasteiger partial charge in [0, 0.05) is 9.79 Å². The molecule has 0 aliphatic rings. The minimum atomic E-state index is -3.80. The molecular formula is C16H17NO4S2. The lowest BCUT2D eigenvalue weighted by molar-refractivity contribution is -0.135. The highest BCUT2D eigenvalue weighted by atomic mass is 32.2. The van der Waals surface area contributed by atoms with E-state index in [4.69, 9.17) is 5.11 Å². The van der Waals surface area contributed by atoms with Crippen LogP contribution in [0.3, 0.4) is 0 Å². The number of rotatable bonds is 6. The van der Waals surface area contributed by atoms with E-state index in [-0.39, 0.29) is 4.90 Å².